The van der Waals surface area contributed by atoms with Crippen LogP contribution in [0.5, 0.6) is 5.75 Å². The Morgan fingerprint density at radius 1 is 1.19 bits per heavy atom. The number of nitrogens with zero attached hydrogens (tertiary/aromatic N) is 2. The summed E-state index contributed by atoms with van der Waals surface area (Å²) in [5.41, 5.74) is 0.666. The first kappa shape index (κ1) is 23.6. The highest BCUT2D eigenvalue weighted by Crippen LogP contribution is 2.25. The number of rotatable bonds is 7. The highest BCUT2D eigenvalue weighted by atomic mass is 19.1. The second kappa shape index (κ2) is 11.0. The molecule has 0 saturated carbocycles. The molecule has 0 radical (unpaired) electrons. The van der Waals surface area contributed by atoms with Crippen LogP contribution >= 0.6 is 0 Å². The number of nitrogens with one attached hydrogen (secondary N) is 1. The second-order valence-corrected chi connectivity index (χ2v) is 8.42. The predicted molar refractivity (Wildman–Crippen MR) is 116 cm³/mol. The van der Waals surface area contributed by atoms with Gasteiger partial charge in [0.05, 0.1) is 0 Å². The Labute approximate surface area is 187 Å². The van der Waals surface area contributed by atoms with Crippen molar-refractivity contribution in [2.24, 2.45) is 11.8 Å². The van der Waals surface area contributed by atoms with Gasteiger partial charge >= 0.3 is 6.09 Å². The van der Waals surface area contributed by atoms with Gasteiger partial charge in [0, 0.05) is 37.0 Å². The van der Waals surface area contributed by atoms with E-state index in [2.05, 4.69) is 17.2 Å². The molecule has 172 valence electrons. The smallest absolute Gasteiger partial charge is 0.410 e. The van der Waals surface area contributed by atoms with E-state index in [0.29, 0.717) is 37.0 Å². The molecule has 2 aromatic rings. The topological polar surface area (TPSA) is 71.5 Å². The summed E-state index contributed by atoms with van der Waals surface area (Å²) < 4.78 is 31.8. The van der Waals surface area contributed by atoms with E-state index >= 15 is 0 Å². The Morgan fingerprint density at radius 3 is 2.56 bits per heavy atom. The lowest BCUT2D eigenvalue weighted by Gasteiger charge is -2.31. The van der Waals surface area contributed by atoms with Gasteiger partial charge in [-0.2, -0.15) is 4.39 Å². The Hall–Kier alpha value is -3.03. The van der Waals surface area contributed by atoms with Crippen LogP contribution in [0.1, 0.15) is 48.5 Å². The molecule has 1 aliphatic heterocycles. The summed E-state index contributed by atoms with van der Waals surface area (Å²) >= 11 is 0. The molecular formula is C24H29F2N3O3. The Kier molecular flexibility index (Phi) is 8.14. The van der Waals surface area contributed by atoms with Crippen LogP contribution in [-0.4, -0.2) is 41.5 Å². The quantitative estimate of drug-likeness (QED) is 0.626. The summed E-state index contributed by atoms with van der Waals surface area (Å²) in [6.07, 6.45) is 4.56. The van der Waals surface area contributed by atoms with Crippen molar-refractivity contribution in [3.63, 3.8) is 0 Å². The number of carbonyl (C=O) groups excluding carboxylic acids is 2. The number of piperidine rings is 1. The van der Waals surface area contributed by atoms with Gasteiger partial charge in [-0.15, -0.1) is 0 Å². The van der Waals surface area contributed by atoms with Crippen molar-refractivity contribution in [1.82, 2.24) is 15.2 Å². The highest BCUT2D eigenvalue weighted by Gasteiger charge is 2.25. The SMILES string of the molecule is Cc1c(OC(=O)N2CCC(CCC(C)CNC(=O)c3ccc(F)cc3)CC2)ccnc1F. The first-order valence-corrected chi connectivity index (χ1v) is 10.9. The third-order valence-electron chi connectivity index (χ3n) is 5.95. The monoisotopic (exact) mass is 445 g/mol. The number of amides is 2. The molecule has 1 aromatic heterocycles. The lowest BCUT2D eigenvalue weighted by atomic mass is 9.89. The van der Waals surface area contributed by atoms with Crippen LogP contribution < -0.4 is 10.1 Å². The molecule has 2 heterocycles. The third-order valence-corrected chi connectivity index (χ3v) is 5.95. The summed E-state index contributed by atoms with van der Waals surface area (Å²) in [7, 11) is 0. The first-order valence-electron chi connectivity index (χ1n) is 10.9. The second-order valence-electron chi connectivity index (χ2n) is 8.42. The molecule has 1 unspecified atom stereocenters. The van der Waals surface area contributed by atoms with Crippen LogP contribution in [0.15, 0.2) is 36.5 Å². The van der Waals surface area contributed by atoms with E-state index in [1.807, 2.05) is 0 Å². The van der Waals surface area contributed by atoms with Crippen LogP contribution in [0.25, 0.3) is 0 Å². The van der Waals surface area contributed by atoms with E-state index in [1.165, 1.54) is 43.5 Å². The normalized spacial score (nSPS) is 15.3. The van der Waals surface area contributed by atoms with Gasteiger partial charge < -0.3 is 15.0 Å². The summed E-state index contributed by atoms with van der Waals surface area (Å²) in [6.45, 7) is 5.38. The van der Waals surface area contributed by atoms with E-state index < -0.39 is 12.0 Å². The van der Waals surface area contributed by atoms with Crippen molar-refractivity contribution in [1.29, 1.82) is 0 Å². The summed E-state index contributed by atoms with van der Waals surface area (Å²) in [4.78, 5) is 29.7. The van der Waals surface area contributed by atoms with E-state index in [4.69, 9.17) is 4.74 Å². The molecule has 1 saturated heterocycles. The van der Waals surface area contributed by atoms with Crippen molar-refractivity contribution < 1.29 is 23.1 Å². The van der Waals surface area contributed by atoms with Crippen LogP contribution in [0.4, 0.5) is 13.6 Å². The molecule has 1 aliphatic rings. The van der Waals surface area contributed by atoms with Gasteiger partial charge in [0.15, 0.2) is 0 Å². The van der Waals surface area contributed by atoms with Crippen molar-refractivity contribution in [2.45, 2.75) is 39.5 Å². The number of hydrogen-bond acceptors (Lipinski definition) is 4. The minimum absolute atomic E-state index is 0.195. The van der Waals surface area contributed by atoms with Crippen LogP contribution in [0.2, 0.25) is 0 Å². The first-order chi connectivity index (χ1) is 15.3. The van der Waals surface area contributed by atoms with E-state index in [9.17, 15) is 18.4 Å². The number of hydrogen-bond donors (Lipinski definition) is 1. The van der Waals surface area contributed by atoms with Crippen molar-refractivity contribution in [3.05, 3.63) is 59.4 Å². The van der Waals surface area contributed by atoms with Crippen molar-refractivity contribution in [2.75, 3.05) is 19.6 Å². The molecule has 1 fully saturated rings. The zero-order valence-corrected chi connectivity index (χ0v) is 18.4. The van der Waals surface area contributed by atoms with E-state index in [0.717, 1.165) is 25.7 Å². The average Bonchev–Trinajstić information content (AvgIpc) is 2.80. The molecule has 2 amide bonds. The number of halogens is 2. The largest absolute Gasteiger partial charge is 0.415 e. The number of ether oxygens (including phenoxy) is 1. The van der Waals surface area contributed by atoms with E-state index in [1.54, 1.807) is 4.90 Å². The van der Waals surface area contributed by atoms with Crippen LogP contribution in [0.3, 0.4) is 0 Å². The molecule has 3 rings (SSSR count). The van der Waals surface area contributed by atoms with Gasteiger partial charge in [-0.3, -0.25) is 4.79 Å². The zero-order valence-electron chi connectivity index (χ0n) is 18.4. The minimum Gasteiger partial charge on any atom is -0.410 e. The van der Waals surface area contributed by atoms with Crippen molar-refractivity contribution >= 4 is 12.0 Å². The van der Waals surface area contributed by atoms with Crippen LogP contribution in [0, 0.1) is 30.5 Å². The molecule has 8 heteroatoms. The Morgan fingerprint density at radius 2 is 1.88 bits per heavy atom. The maximum atomic E-state index is 13.5. The third kappa shape index (κ3) is 6.48. The molecule has 0 aliphatic carbocycles. The number of benzene rings is 1. The number of aromatic nitrogens is 1. The predicted octanol–water partition coefficient (Wildman–Crippen LogP) is 4.73. The molecule has 32 heavy (non-hydrogen) atoms. The fourth-order valence-electron chi connectivity index (χ4n) is 3.76. The standard InChI is InChI=1S/C24H29F2N3O3/c1-16(15-28-23(30)19-5-7-20(25)8-6-19)3-4-18-10-13-29(14-11-18)24(31)32-21-9-12-27-22(26)17(21)2/h5-9,12,16,18H,3-4,10-11,13-15H2,1-2H3,(H,28,30). The zero-order chi connectivity index (χ0) is 23.1. The molecule has 0 spiro atoms. The Bertz CT molecular complexity index is 929. The molecule has 6 nitrogen and oxygen atoms in total. The molecule has 1 atom stereocenters. The lowest BCUT2D eigenvalue weighted by Crippen LogP contribution is -2.40. The average molecular weight is 446 g/mol. The van der Waals surface area contributed by atoms with Gasteiger partial charge in [0.25, 0.3) is 5.91 Å². The van der Waals surface area contributed by atoms with Gasteiger partial charge in [-0.25, -0.2) is 14.2 Å². The number of carbonyl (C=O) groups is 2. The lowest BCUT2D eigenvalue weighted by molar-refractivity contribution is 0.0946. The van der Waals surface area contributed by atoms with Gasteiger partial charge in [-0.05, 0) is 74.8 Å². The molecular weight excluding hydrogens is 416 g/mol. The van der Waals surface area contributed by atoms with Gasteiger partial charge in [-0.1, -0.05) is 6.92 Å². The van der Waals surface area contributed by atoms with Crippen LogP contribution in [-0.2, 0) is 0 Å². The maximum absolute atomic E-state index is 13.5. The highest BCUT2D eigenvalue weighted by molar-refractivity contribution is 5.94. The Balaban J connectivity index is 1.35. The summed E-state index contributed by atoms with van der Waals surface area (Å²) in [5, 5.41) is 2.90. The fraction of sp³-hybridized carbons (Fsp3) is 0.458. The van der Waals surface area contributed by atoms with E-state index in [-0.39, 0.29) is 23.0 Å². The number of likely N-dealkylation sites (tertiary alicyclic amines) is 1. The molecule has 1 aromatic carbocycles. The fourth-order valence-corrected chi connectivity index (χ4v) is 3.76. The van der Waals surface area contributed by atoms with Gasteiger partial charge in [0.1, 0.15) is 11.6 Å². The summed E-state index contributed by atoms with van der Waals surface area (Å²) in [5.74, 6) is -0.192. The number of pyridine rings is 1. The molecule has 0 bridgehead atoms. The van der Waals surface area contributed by atoms with Gasteiger partial charge in [0.2, 0.25) is 5.95 Å². The maximum Gasteiger partial charge on any atom is 0.415 e. The summed E-state index contributed by atoms with van der Waals surface area (Å²) in [6, 6.07) is 6.98. The molecule has 1 N–H and O–H groups in total. The minimum atomic E-state index is -0.642. The van der Waals surface area contributed by atoms with Crippen molar-refractivity contribution in [3.8, 4) is 5.75 Å².